The number of amidine groups is 1. The lowest BCUT2D eigenvalue weighted by Crippen LogP contribution is -2.50. The van der Waals surface area contributed by atoms with E-state index < -0.39 is 27.1 Å². The molecular formula is C19H23FN6O4S. The fraction of sp³-hybridized carbons (Fsp3) is 0.316. The molecule has 0 fully saturated rings. The Balaban J connectivity index is 2.07. The van der Waals surface area contributed by atoms with Crippen LogP contribution in [0.25, 0.3) is 0 Å². The minimum Gasteiger partial charge on any atom is -0.495 e. The van der Waals surface area contributed by atoms with Crippen LogP contribution in [0.3, 0.4) is 0 Å². The summed E-state index contributed by atoms with van der Waals surface area (Å²) in [6, 6.07) is 7.44. The number of hydrogen-bond donors (Lipinski definition) is 2. The number of hydrogen-bond acceptors (Lipinski definition) is 8. The van der Waals surface area contributed by atoms with Crippen LogP contribution in [0.5, 0.6) is 5.75 Å². The van der Waals surface area contributed by atoms with E-state index in [1.807, 2.05) is 0 Å². The third-order valence-electron chi connectivity index (χ3n) is 4.75. The lowest BCUT2D eigenvalue weighted by atomic mass is 9.93. The summed E-state index contributed by atoms with van der Waals surface area (Å²) in [5.41, 5.74) is 7.83. The zero-order chi connectivity index (χ0) is 22.8. The van der Waals surface area contributed by atoms with Crippen LogP contribution in [0.2, 0.25) is 0 Å². The van der Waals surface area contributed by atoms with Crippen LogP contribution < -0.4 is 16.0 Å². The number of nitrogens with zero attached hydrogens (tertiary/aromatic N) is 4. The standard InChI is InChI=1S/C19H23FN6O4S/c1-19(11-31(27,28)26(2)18(21)24-19)14-9-12(5-7-15(14)20)23-17(25-30-4)16-8-6-13(29-3)10-22-16/h5-10H,11H2,1-4H3,(H2,21,24)(H,23,25)/t19-/m0/s1. The Morgan fingerprint density at radius 1 is 1.32 bits per heavy atom. The normalized spacial score (nSPS) is 20.9. The van der Waals surface area contributed by atoms with E-state index in [1.165, 1.54) is 52.6 Å². The fourth-order valence-electron chi connectivity index (χ4n) is 3.08. The SMILES string of the molecule is CONC(=Nc1ccc(F)c([C@]2(C)CS(=O)(=O)N(C)C(N)=N2)c1)c1ccc(OC)cn1. The molecule has 1 aromatic carbocycles. The second-order valence-corrected chi connectivity index (χ2v) is 8.98. The van der Waals surface area contributed by atoms with E-state index in [4.69, 9.17) is 15.3 Å². The van der Waals surface area contributed by atoms with Crippen molar-refractivity contribution in [2.24, 2.45) is 15.7 Å². The molecule has 1 atom stereocenters. The summed E-state index contributed by atoms with van der Waals surface area (Å²) in [4.78, 5) is 17.9. The number of benzene rings is 1. The predicted molar refractivity (Wildman–Crippen MR) is 114 cm³/mol. The molecule has 0 amide bonds. The average molecular weight is 450 g/mol. The monoisotopic (exact) mass is 450 g/mol. The van der Waals surface area contributed by atoms with Gasteiger partial charge in [0, 0.05) is 12.6 Å². The van der Waals surface area contributed by atoms with Gasteiger partial charge in [-0.3, -0.25) is 4.84 Å². The molecule has 0 aliphatic carbocycles. The third kappa shape index (κ3) is 4.59. The number of aliphatic imine (C=N–C) groups is 2. The molecule has 1 aliphatic heterocycles. The molecule has 1 aromatic heterocycles. The molecule has 3 rings (SSSR count). The summed E-state index contributed by atoms with van der Waals surface area (Å²) in [6.45, 7) is 1.51. The van der Waals surface area contributed by atoms with Gasteiger partial charge in [0.05, 0.1) is 31.9 Å². The van der Waals surface area contributed by atoms with Gasteiger partial charge in [0.25, 0.3) is 0 Å². The van der Waals surface area contributed by atoms with Gasteiger partial charge in [0.15, 0.2) is 5.84 Å². The van der Waals surface area contributed by atoms with Gasteiger partial charge in [-0.1, -0.05) is 0 Å². The first-order chi connectivity index (χ1) is 14.6. The maximum atomic E-state index is 14.7. The van der Waals surface area contributed by atoms with Crippen molar-refractivity contribution in [1.29, 1.82) is 0 Å². The van der Waals surface area contributed by atoms with Gasteiger partial charge in [0.1, 0.15) is 22.8 Å². The molecule has 0 spiro atoms. The van der Waals surface area contributed by atoms with E-state index in [1.54, 1.807) is 12.1 Å². The second kappa shape index (κ2) is 8.47. The van der Waals surface area contributed by atoms with Crippen LogP contribution in [-0.4, -0.2) is 56.5 Å². The summed E-state index contributed by atoms with van der Waals surface area (Å²) < 4.78 is 45.6. The minimum absolute atomic E-state index is 0.0489. The number of sulfonamides is 1. The quantitative estimate of drug-likeness (QED) is 0.398. The predicted octanol–water partition coefficient (Wildman–Crippen LogP) is 1.26. The molecule has 31 heavy (non-hydrogen) atoms. The Morgan fingerprint density at radius 3 is 2.65 bits per heavy atom. The molecule has 12 heteroatoms. The zero-order valence-corrected chi connectivity index (χ0v) is 18.3. The molecule has 0 unspecified atom stereocenters. The smallest absolute Gasteiger partial charge is 0.239 e. The highest BCUT2D eigenvalue weighted by Crippen LogP contribution is 2.35. The van der Waals surface area contributed by atoms with E-state index in [0.717, 1.165) is 4.31 Å². The molecule has 10 nitrogen and oxygen atoms in total. The second-order valence-electron chi connectivity index (χ2n) is 6.98. The lowest BCUT2D eigenvalue weighted by molar-refractivity contribution is 0.145. The third-order valence-corrected chi connectivity index (χ3v) is 6.70. The molecule has 2 aromatic rings. The van der Waals surface area contributed by atoms with Crippen molar-refractivity contribution >= 4 is 27.5 Å². The Morgan fingerprint density at radius 2 is 2.06 bits per heavy atom. The topological polar surface area (TPSA) is 132 Å². The number of aromatic nitrogens is 1. The highest BCUT2D eigenvalue weighted by Gasteiger charge is 2.41. The largest absolute Gasteiger partial charge is 0.495 e. The Bertz CT molecular complexity index is 1140. The molecule has 0 saturated heterocycles. The van der Waals surface area contributed by atoms with Gasteiger partial charge in [-0.15, -0.1) is 0 Å². The van der Waals surface area contributed by atoms with E-state index in [-0.39, 0.29) is 17.4 Å². The van der Waals surface area contributed by atoms with Crippen molar-refractivity contribution < 1.29 is 22.4 Å². The number of methoxy groups -OCH3 is 1. The highest BCUT2D eigenvalue weighted by atomic mass is 32.2. The van der Waals surface area contributed by atoms with E-state index >= 15 is 0 Å². The van der Waals surface area contributed by atoms with Crippen molar-refractivity contribution in [3.63, 3.8) is 0 Å². The van der Waals surface area contributed by atoms with Gasteiger partial charge in [-0.05, 0) is 37.3 Å². The van der Waals surface area contributed by atoms with Crippen LogP contribution in [-0.2, 0) is 20.4 Å². The number of rotatable bonds is 5. The summed E-state index contributed by atoms with van der Waals surface area (Å²) in [5.74, 6) is -0.457. The molecule has 0 bridgehead atoms. The number of ether oxygens (including phenoxy) is 1. The number of guanidine groups is 1. The van der Waals surface area contributed by atoms with Crippen molar-refractivity contribution in [1.82, 2.24) is 14.8 Å². The van der Waals surface area contributed by atoms with Crippen LogP contribution in [0.15, 0.2) is 46.5 Å². The number of halogens is 1. The van der Waals surface area contributed by atoms with Crippen molar-refractivity contribution in [2.75, 3.05) is 27.0 Å². The number of hydroxylamine groups is 1. The van der Waals surface area contributed by atoms with Gasteiger partial charge >= 0.3 is 0 Å². The van der Waals surface area contributed by atoms with Crippen molar-refractivity contribution in [2.45, 2.75) is 12.5 Å². The van der Waals surface area contributed by atoms with Crippen LogP contribution in [0.4, 0.5) is 10.1 Å². The first kappa shape index (κ1) is 22.4. The van der Waals surface area contributed by atoms with Crippen LogP contribution in [0.1, 0.15) is 18.2 Å². The highest BCUT2D eigenvalue weighted by molar-refractivity contribution is 7.89. The van der Waals surface area contributed by atoms with Gasteiger partial charge < -0.3 is 10.5 Å². The minimum atomic E-state index is -3.76. The molecule has 3 N–H and O–H groups in total. The summed E-state index contributed by atoms with van der Waals surface area (Å²) in [6.07, 6.45) is 1.51. The first-order valence-corrected chi connectivity index (χ1v) is 10.7. The lowest BCUT2D eigenvalue weighted by Gasteiger charge is -2.34. The zero-order valence-electron chi connectivity index (χ0n) is 17.5. The van der Waals surface area contributed by atoms with E-state index in [2.05, 4.69) is 20.4 Å². The van der Waals surface area contributed by atoms with Gasteiger partial charge in [-0.25, -0.2) is 37.6 Å². The molecule has 2 heterocycles. The average Bonchev–Trinajstić information content (AvgIpc) is 2.72. The molecular weight excluding hydrogens is 427 g/mol. The van der Waals surface area contributed by atoms with E-state index in [0.29, 0.717) is 17.1 Å². The number of nitrogens with two attached hydrogens (primary N) is 1. The van der Waals surface area contributed by atoms with Crippen LogP contribution >= 0.6 is 0 Å². The summed E-state index contributed by atoms with van der Waals surface area (Å²) >= 11 is 0. The first-order valence-electron chi connectivity index (χ1n) is 9.09. The van der Waals surface area contributed by atoms with Crippen molar-refractivity contribution in [3.8, 4) is 5.75 Å². The maximum absolute atomic E-state index is 14.7. The Labute approximate surface area is 179 Å². The number of pyridine rings is 1. The Hall–Kier alpha value is -3.25. The molecule has 0 radical (unpaired) electrons. The Kier molecular flexibility index (Phi) is 6.13. The van der Waals surface area contributed by atoms with Crippen molar-refractivity contribution in [3.05, 3.63) is 53.6 Å². The summed E-state index contributed by atoms with van der Waals surface area (Å²) in [5, 5.41) is 0. The van der Waals surface area contributed by atoms with E-state index in [9.17, 15) is 12.8 Å². The molecule has 0 saturated carbocycles. The van der Waals surface area contributed by atoms with Gasteiger partial charge in [-0.2, -0.15) is 0 Å². The number of nitrogens with one attached hydrogen (secondary N) is 1. The fourth-order valence-corrected chi connectivity index (χ4v) is 4.53. The van der Waals surface area contributed by atoms with Gasteiger partial charge in [0.2, 0.25) is 16.0 Å². The molecule has 166 valence electrons. The maximum Gasteiger partial charge on any atom is 0.239 e. The van der Waals surface area contributed by atoms with Crippen LogP contribution in [0, 0.1) is 5.82 Å². The summed E-state index contributed by atoms with van der Waals surface area (Å²) in [7, 11) is 0.484. The molecule has 1 aliphatic rings.